The van der Waals surface area contributed by atoms with Gasteiger partial charge in [-0.2, -0.15) is 11.8 Å². The minimum Gasteiger partial charge on any atom is -0.359 e. The molecule has 0 fully saturated rings. The van der Waals surface area contributed by atoms with Gasteiger partial charge in [0, 0.05) is 32.1 Å². The fourth-order valence-electron chi connectivity index (χ4n) is 1.41. The third-order valence-electron chi connectivity index (χ3n) is 2.51. The van der Waals surface area contributed by atoms with Gasteiger partial charge < -0.3 is 10.2 Å². The van der Waals surface area contributed by atoms with Crippen LogP contribution >= 0.6 is 23.4 Å². The van der Waals surface area contributed by atoms with Gasteiger partial charge in [0.2, 0.25) is 0 Å². The average molecular weight is 274 g/mol. The lowest BCUT2D eigenvalue weighted by Gasteiger charge is -2.18. The normalized spacial score (nSPS) is 10.6. The number of thioether (sulfide) groups is 1. The van der Waals surface area contributed by atoms with E-state index < -0.39 is 0 Å². The Balaban J connectivity index is 2.72. The molecule has 0 radical (unpaired) electrons. The van der Waals surface area contributed by atoms with Crippen LogP contribution in [0.5, 0.6) is 0 Å². The molecular formula is C12H20ClN3S. The lowest BCUT2D eigenvalue weighted by Crippen LogP contribution is -2.22. The molecule has 96 valence electrons. The minimum absolute atomic E-state index is 0.730. The smallest absolute Gasteiger partial charge is 0.128 e. The fourth-order valence-corrected chi connectivity index (χ4v) is 2.04. The first kappa shape index (κ1) is 14.6. The zero-order chi connectivity index (χ0) is 12.7. The third-order valence-corrected chi connectivity index (χ3v) is 3.44. The second kappa shape index (κ2) is 7.80. The number of halogens is 1. The lowest BCUT2D eigenvalue weighted by molar-refractivity contribution is 0.725. The zero-order valence-corrected chi connectivity index (χ0v) is 12.2. The van der Waals surface area contributed by atoms with Gasteiger partial charge in [-0.25, -0.2) is 4.98 Å². The van der Waals surface area contributed by atoms with E-state index in [1.807, 2.05) is 11.8 Å². The second-order valence-electron chi connectivity index (χ2n) is 3.83. The number of rotatable bonds is 7. The van der Waals surface area contributed by atoms with Crippen LogP contribution in [0.1, 0.15) is 12.5 Å². The van der Waals surface area contributed by atoms with Gasteiger partial charge in [-0.05, 0) is 24.4 Å². The molecular weight excluding hydrogens is 254 g/mol. The van der Waals surface area contributed by atoms with Crippen molar-refractivity contribution >= 4 is 29.2 Å². The highest BCUT2D eigenvalue weighted by atomic mass is 35.5. The summed E-state index contributed by atoms with van der Waals surface area (Å²) in [4.78, 5) is 6.51. The molecule has 0 aliphatic heterocycles. The van der Waals surface area contributed by atoms with Crippen LogP contribution in [0.4, 0.5) is 5.82 Å². The number of anilines is 1. The zero-order valence-electron chi connectivity index (χ0n) is 10.7. The molecule has 0 amide bonds. The Morgan fingerprint density at radius 2 is 2.29 bits per heavy atom. The highest BCUT2D eigenvalue weighted by Gasteiger charge is 2.06. The molecule has 0 atom stereocenters. The summed E-state index contributed by atoms with van der Waals surface area (Å²) in [5.41, 5.74) is 1.11. The number of pyridine rings is 1. The van der Waals surface area contributed by atoms with E-state index in [2.05, 4.69) is 41.5 Å². The Morgan fingerprint density at radius 3 is 2.94 bits per heavy atom. The summed E-state index contributed by atoms with van der Waals surface area (Å²) in [6.07, 6.45) is 3.85. The molecule has 1 N–H and O–H groups in total. The molecule has 5 heteroatoms. The van der Waals surface area contributed by atoms with Crippen molar-refractivity contribution in [2.24, 2.45) is 0 Å². The van der Waals surface area contributed by atoms with Gasteiger partial charge in [-0.1, -0.05) is 18.5 Å². The summed E-state index contributed by atoms with van der Waals surface area (Å²) in [6.45, 7) is 4.81. The van der Waals surface area contributed by atoms with Crippen LogP contribution in [0.3, 0.4) is 0 Å². The van der Waals surface area contributed by atoms with Gasteiger partial charge >= 0.3 is 0 Å². The van der Waals surface area contributed by atoms with Crippen LogP contribution in [-0.2, 0) is 6.54 Å². The van der Waals surface area contributed by atoms with E-state index in [1.165, 1.54) is 0 Å². The molecule has 3 nitrogen and oxygen atoms in total. The van der Waals surface area contributed by atoms with Gasteiger partial charge in [0.15, 0.2) is 0 Å². The Labute approximate surface area is 113 Å². The summed E-state index contributed by atoms with van der Waals surface area (Å²) in [7, 11) is 2.06. The van der Waals surface area contributed by atoms with E-state index in [0.717, 1.165) is 41.8 Å². The number of hydrogen-bond donors (Lipinski definition) is 1. The van der Waals surface area contributed by atoms with Crippen molar-refractivity contribution in [2.75, 3.05) is 37.0 Å². The molecule has 1 aromatic heterocycles. The van der Waals surface area contributed by atoms with Crippen molar-refractivity contribution in [3.05, 3.63) is 22.8 Å². The van der Waals surface area contributed by atoms with Crippen LogP contribution in [-0.4, -0.2) is 37.1 Å². The minimum atomic E-state index is 0.730. The van der Waals surface area contributed by atoms with Crippen molar-refractivity contribution in [3.8, 4) is 0 Å². The first-order valence-corrected chi connectivity index (χ1v) is 7.51. The monoisotopic (exact) mass is 273 g/mol. The van der Waals surface area contributed by atoms with Crippen molar-refractivity contribution in [3.63, 3.8) is 0 Å². The highest BCUT2D eigenvalue weighted by molar-refractivity contribution is 7.98. The largest absolute Gasteiger partial charge is 0.359 e. The van der Waals surface area contributed by atoms with Gasteiger partial charge in [-0.3, -0.25) is 0 Å². The third kappa shape index (κ3) is 4.74. The summed E-state index contributed by atoms with van der Waals surface area (Å²) in [5, 5.41) is 4.01. The summed E-state index contributed by atoms with van der Waals surface area (Å²) in [5.74, 6) is 2.08. The van der Waals surface area contributed by atoms with Crippen LogP contribution in [0.15, 0.2) is 12.3 Å². The number of aromatic nitrogens is 1. The molecule has 0 saturated heterocycles. The van der Waals surface area contributed by atoms with Crippen LogP contribution in [0.2, 0.25) is 5.02 Å². The van der Waals surface area contributed by atoms with Gasteiger partial charge in [0.05, 0.1) is 5.02 Å². The molecule has 0 saturated carbocycles. The molecule has 1 heterocycles. The number of nitrogens with one attached hydrogen (secondary N) is 1. The van der Waals surface area contributed by atoms with Crippen molar-refractivity contribution in [2.45, 2.75) is 13.5 Å². The van der Waals surface area contributed by atoms with Gasteiger partial charge in [0.1, 0.15) is 5.82 Å². The van der Waals surface area contributed by atoms with Crippen LogP contribution in [0.25, 0.3) is 0 Å². The summed E-state index contributed by atoms with van der Waals surface area (Å²) < 4.78 is 0. The first-order chi connectivity index (χ1) is 8.19. The van der Waals surface area contributed by atoms with Crippen molar-refractivity contribution in [1.82, 2.24) is 10.3 Å². The average Bonchev–Trinajstić information content (AvgIpc) is 2.35. The van der Waals surface area contributed by atoms with Gasteiger partial charge in [0.25, 0.3) is 0 Å². The highest BCUT2D eigenvalue weighted by Crippen LogP contribution is 2.19. The second-order valence-corrected chi connectivity index (χ2v) is 5.22. The van der Waals surface area contributed by atoms with Crippen molar-refractivity contribution in [1.29, 1.82) is 0 Å². The maximum atomic E-state index is 6.12. The molecule has 1 aromatic rings. The van der Waals surface area contributed by atoms with Crippen LogP contribution < -0.4 is 10.2 Å². The van der Waals surface area contributed by atoms with E-state index >= 15 is 0 Å². The molecule has 0 unspecified atom stereocenters. The van der Waals surface area contributed by atoms with Crippen molar-refractivity contribution < 1.29 is 0 Å². The predicted molar refractivity (Wildman–Crippen MR) is 78.3 cm³/mol. The molecule has 0 aromatic carbocycles. The Bertz CT molecular complexity index is 347. The van der Waals surface area contributed by atoms with E-state index in [9.17, 15) is 0 Å². The molecule has 0 aliphatic rings. The maximum Gasteiger partial charge on any atom is 0.128 e. The van der Waals surface area contributed by atoms with E-state index in [-0.39, 0.29) is 0 Å². The summed E-state index contributed by atoms with van der Waals surface area (Å²) >= 11 is 7.95. The number of nitrogens with zero attached hydrogens (tertiary/aromatic N) is 2. The Morgan fingerprint density at radius 1 is 1.53 bits per heavy atom. The lowest BCUT2D eigenvalue weighted by atomic mass is 10.2. The predicted octanol–water partition coefficient (Wildman–Crippen LogP) is 2.64. The maximum absolute atomic E-state index is 6.12. The standard InChI is InChI=1S/C12H20ClN3S/c1-4-14-8-10-7-12(15-9-11(10)13)16(2)5-6-17-3/h7,9,14H,4-6,8H2,1-3H3. The number of hydrogen-bond acceptors (Lipinski definition) is 4. The molecule has 1 rings (SSSR count). The van der Waals surface area contributed by atoms with Gasteiger partial charge in [-0.15, -0.1) is 0 Å². The van der Waals surface area contributed by atoms with E-state index in [0.29, 0.717) is 0 Å². The van der Waals surface area contributed by atoms with E-state index in [1.54, 1.807) is 6.20 Å². The summed E-state index contributed by atoms with van der Waals surface area (Å²) in [6, 6.07) is 2.06. The fraction of sp³-hybridized carbons (Fsp3) is 0.583. The first-order valence-electron chi connectivity index (χ1n) is 5.74. The Kier molecular flexibility index (Phi) is 6.70. The Hall–Kier alpha value is -0.450. The molecule has 0 spiro atoms. The topological polar surface area (TPSA) is 28.2 Å². The van der Waals surface area contributed by atoms with Crippen LogP contribution in [0, 0.1) is 0 Å². The molecule has 0 bridgehead atoms. The SMILES string of the molecule is CCNCc1cc(N(C)CCSC)ncc1Cl. The molecule has 17 heavy (non-hydrogen) atoms. The molecule has 0 aliphatic carbocycles. The quantitative estimate of drug-likeness (QED) is 0.827. The van der Waals surface area contributed by atoms with E-state index in [4.69, 9.17) is 11.6 Å².